The zero-order chi connectivity index (χ0) is 19.0. The van der Waals surface area contributed by atoms with E-state index in [0.29, 0.717) is 24.3 Å². The predicted molar refractivity (Wildman–Crippen MR) is 102 cm³/mol. The Labute approximate surface area is 156 Å². The molecule has 3 aromatic rings. The number of halogens is 1. The van der Waals surface area contributed by atoms with Gasteiger partial charge < -0.3 is 15.2 Å². The molecular formula is C21H20FN3O2. The molecule has 5 nitrogen and oxygen atoms in total. The van der Waals surface area contributed by atoms with Crippen molar-refractivity contribution in [1.82, 2.24) is 9.88 Å². The minimum absolute atomic E-state index is 0.0216. The summed E-state index contributed by atoms with van der Waals surface area (Å²) in [7, 11) is 0. The van der Waals surface area contributed by atoms with Gasteiger partial charge >= 0.3 is 0 Å². The number of carbonyl (C=O) groups is 2. The summed E-state index contributed by atoms with van der Waals surface area (Å²) >= 11 is 0. The number of nitrogens with one attached hydrogen (secondary N) is 2. The number of rotatable bonds is 4. The molecule has 2 aromatic carbocycles. The molecule has 27 heavy (non-hydrogen) atoms. The van der Waals surface area contributed by atoms with Gasteiger partial charge in [-0.2, -0.15) is 0 Å². The van der Waals surface area contributed by atoms with Crippen LogP contribution in [0.5, 0.6) is 0 Å². The zero-order valence-electron chi connectivity index (χ0n) is 15.0. The summed E-state index contributed by atoms with van der Waals surface area (Å²) in [4.78, 5) is 24.6. The van der Waals surface area contributed by atoms with Crippen LogP contribution in [0.2, 0.25) is 0 Å². The fraction of sp³-hybridized carbons (Fsp3) is 0.238. The number of anilines is 1. The molecule has 2 amide bonds. The zero-order valence-corrected chi connectivity index (χ0v) is 15.0. The molecule has 2 N–H and O–H groups in total. The van der Waals surface area contributed by atoms with Crippen molar-refractivity contribution in [2.24, 2.45) is 0 Å². The van der Waals surface area contributed by atoms with Crippen LogP contribution in [-0.4, -0.2) is 22.9 Å². The Kier molecular flexibility index (Phi) is 4.39. The Bertz CT molecular complexity index is 1040. The molecule has 0 saturated heterocycles. The van der Waals surface area contributed by atoms with E-state index in [2.05, 4.69) is 33.4 Å². The number of aromatic nitrogens is 1. The second-order valence-electron chi connectivity index (χ2n) is 6.82. The van der Waals surface area contributed by atoms with Crippen LogP contribution in [0.3, 0.4) is 0 Å². The van der Waals surface area contributed by atoms with Crippen LogP contribution in [0, 0.1) is 12.7 Å². The van der Waals surface area contributed by atoms with E-state index in [0.717, 1.165) is 16.6 Å². The van der Waals surface area contributed by atoms with Gasteiger partial charge in [-0.15, -0.1) is 0 Å². The molecule has 0 spiro atoms. The number of hydrogen-bond donors (Lipinski definition) is 2. The van der Waals surface area contributed by atoms with Gasteiger partial charge in [0.2, 0.25) is 11.8 Å². The average molecular weight is 365 g/mol. The lowest BCUT2D eigenvalue weighted by molar-refractivity contribution is -0.126. The minimum Gasteiger partial charge on any atom is -0.354 e. The smallest absolute Gasteiger partial charge is 0.228 e. The Hall–Kier alpha value is -3.15. The summed E-state index contributed by atoms with van der Waals surface area (Å²) < 4.78 is 15.8. The summed E-state index contributed by atoms with van der Waals surface area (Å²) in [5.41, 5.74) is 3.26. The molecule has 4 rings (SSSR count). The third-order valence-electron chi connectivity index (χ3n) is 5.02. The monoisotopic (exact) mass is 365 g/mol. The highest BCUT2D eigenvalue weighted by Gasteiger charge is 2.30. The standard InChI is InChI=1S/C21H20FN3O2/c1-13-10-14-4-2-3-5-19(14)25(13)9-8-23-21(27)17-12-20(26)24-18-7-6-15(22)11-16(17)18/h2-7,10-11,17H,8-9,12H2,1H3,(H,23,27)(H,24,26)/t17-/m0/s1. The van der Waals surface area contributed by atoms with Crippen LogP contribution in [0.1, 0.15) is 23.6 Å². The normalized spacial score (nSPS) is 16.1. The van der Waals surface area contributed by atoms with Crippen molar-refractivity contribution in [3.63, 3.8) is 0 Å². The Morgan fingerprint density at radius 2 is 2.07 bits per heavy atom. The molecule has 0 radical (unpaired) electrons. The Morgan fingerprint density at radius 1 is 1.26 bits per heavy atom. The summed E-state index contributed by atoms with van der Waals surface area (Å²) in [5.74, 6) is -1.59. The first-order chi connectivity index (χ1) is 13.0. The minimum atomic E-state index is -0.674. The lowest BCUT2D eigenvalue weighted by atomic mass is 9.89. The Balaban J connectivity index is 1.48. The van der Waals surface area contributed by atoms with Crippen molar-refractivity contribution >= 4 is 28.4 Å². The number of fused-ring (bicyclic) bond motifs is 2. The van der Waals surface area contributed by atoms with Crippen molar-refractivity contribution in [3.05, 3.63) is 65.6 Å². The van der Waals surface area contributed by atoms with E-state index >= 15 is 0 Å². The summed E-state index contributed by atoms with van der Waals surface area (Å²) in [6, 6.07) is 14.3. The third kappa shape index (κ3) is 3.30. The molecule has 1 aliphatic heterocycles. The molecule has 0 aliphatic carbocycles. The second kappa shape index (κ2) is 6.87. The Morgan fingerprint density at radius 3 is 2.93 bits per heavy atom. The van der Waals surface area contributed by atoms with Crippen LogP contribution in [0.25, 0.3) is 10.9 Å². The molecule has 1 aliphatic rings. The van der Waals surface area contributed by atoms with Gasteiger partial charge in [0.15, 0.2) is 0 Å². The SMILES string of the molecule is Cc1cc2ccccc2n1CCNC(=O)[C@H]1CC(=O)Nc2ccc(F)cc21. The van der Waals surface area contributed by atoms with Crippen molar-refractivity contribution in [2.45, 2.75) is 25.8 Å². The summed E-state index contributed by atoms with van der Waals surface area (Å²) in [6.45, 7) is 3.09. The van der Waals surface area contributed by atoms with Crippen LogP contribution in [0.15, 0.2) is 48.5 Å². The molecular weight excluding hydrogens is 345 g/mol. The molecule has 0 unspecified atom stereocenters. The van der Waals surface area contributed by atoms with E-state index in [-0.39, 0.29) is 18.2 Å². The van der Waals surface area contributed by atoms with Crippen molar-refractivity contribution in [3.8, 4) is 0 Å². The van der Waals surface area contributed by atoms with Gasteiger partial charge in [0.05, 0.1) is 5.92 Å². The lowest BCUT2D eigenvalue weighted by Crippen LogP contribution is -2.36. The lowest BCUT2D eigenvalue weighted by Gasteiger charge is -2.25. The van der Waals surface area contributed by atoms with E-state index in [1.54, 1.807) is 0 Å². The van der Waals surface area contributed by atoms with Crippen molar-refractivity contribution in [2.75, 3.05) is 11.9 Å². The number of hydrogen-bond acceptors (Lipinski definition) is 2. The molecule has 2 heterocycles. The predicted octanol–water partition coefficient (Wildman–Crippen LogP) is 3.33. The summed E-state index contributed by atoms with van der Waals surface area (Å²) in [6.07, 6.45) is 0.0216. The number of nitrogens with zero attached hydrogens (tertiary/aromatic N) is 1. The van der Waals surface area contributed by atoms with Crippen molar-refractivity contribution in [1.29, 1.82) is 0 Å². The van der Waals surface area contributed by atoms with Crippen LogP contribution in [0.4, 0.5) is 10.1 Å². The molecule has 0 saturated carbocycles. The molecule has 0 fully saturated rings. The van der Waals surface area contributed by atoms with E-state index in [9.17, 15) is 14.0 Å². The van der Waals surface area contributed by atoms with E-state index in [1.165, 1.54) is 18.2 Å². The largest absolute Gasteiger partial charge is 0.354 e. The maximum atomic E-state index is 13.6. The van der Waals surface area contributed by atoms with Crippen LogP contribution in [-0.2, 0) is 16.1 Å². The average Bonchev–Trinajstić information content (AvgIpc) is 2.97. The van der Waals surface area contributed by atoms with E-state index in [4.69, 9.17) is 0 Å². The summed E-state index contributed by atoms with van der Waals surface area (Å²) in [5, 5.41) is 6.75. The highest BCUT2D eigenvalue weighted by molar-refractivity contribution is 6.01. The highest BCUT2D eigenvalue weighted by Crippen LogP contribution is 2.32. The number of aryl methyl sites for hydroxylation is 1. The quantitative estimate of drug-likeness (QED) is 0.745. The van der Waals surface area contributed by atoms with Gasteiger partial charge in [-0.3, -0.25) is 9.59 Å². The maximum absolute atomic E-state index is 13.6. The fourth-order valence-corrected chi connectivity index (χ4v) is 3.73. The second-order valence-corrected chi connectivity index (χ2v) is 6.82. The maximum Gasteiger partial charge on any atom is 0.228 e. The molecule has 1 atom stereocenters. The van der Waals surface area contributed by atoms with E-state index < -0.39 is 11.7 Å². The van der Waals surface area contributed by atoms with E-state index in [1.807, 2.05) is 19.1 Å². The highest BCUT2D eigenvalue weighted by atomic mass is 19.1. The van der Waals surface area contributed by atoms with Gasteiger partial charge in [0, 0.05) is 36.4 Å². The number of para-hydroxylation sites is 1. The van der Waals surface area contributed by atoms with Gasteiger partial charge in [-0.05, 0) is 48.2 Å². The molecule has 0 bridgehead atoms. The molecule has 138 valence electrons. The fourth-order valence-electron chi connectivity index (χ4n) is 3.73. The first kappa shape index (κ1) is 17.3. The first-order valence-electron chi connectivity index (χ1n) is 8.95. The van der Waals surface area contributed by atoms with Crippen LogP contribution >= 0.6 is 0 Å². The number of benzene rings is 2. The van der Waals surface area contributed by atoms with Gasteiger partial charge in [0.25, 0.3) is 0 Å². The molecule has 6 heteroatoms. The van der Waals surface area contributed by atoms with Gasteiger partial charge in [-0.25, -0.2) is 4.39 Å². The third-order valence-corrected chi connectivity index (χ3v) is 5.02. The first-order valence-corrected chi connectivity index (χ1v) is 8.95. The van der Waals surface area contributed by atoms with Crippen LogP contribution < -0.4 is 10.6 Å². The van der Waals surface area contributed by atoms with Gasteiger partial charge in [0.1, 0.15) is 5.82 Å². The van der Waals surface area contributed by atoms with Crippen molar-refractivity contribution < 1.29 is 14.0 Å². The van der Waals surface area contributed by atoms with Gasteiger partial charge in [-0.1, -0.05) is 18.2 Å². The number of amides is 2. The number of carbonyl (C=O) groups excluding carboxylic acids is 2. The topological polar surface area (TPSA) is 63.1 Å². The molecule has 1 aromatic heterocycles.